The molecule has 0 aliphatic carbocycles. The lowest BCUT2D eigenvalue weighted by Crippen LogP contribution is -2.05. The van der Waals surface area contributed by atoms with Gasteiger partial charge in [0.2, 0.25) is 5.95 Å². The highest BCUT2D eigenvalue weighted by atomic mass is 16.5. The number of ether oxygens (including phenoxy) is 1. The summed E-state index contributed by atoms with van der Waals surface area (Å²) < 4.78 is 5.42. The van der Waals surface area contributed by atoms with E-state index < -0.39 is 0 Å². The molecule has 0 aromatic carbocycles. The minimum absolute atomic E-state index is 0.215. The van der Waals surface area contributed by atoms with E-state index in [1.807, 2.05) is 6.07 Å². The van der Waals surface area contributed by atoms with Crippen LogP contribution in [0.2, 0.25) is 0 Å². The van der Waals surface area contributed by atoms with Crippen molar-refractivity contribution in [3.05, 3.63) is 24.5 Å². The summed E-state index contributed by atoms with van der Waals surface area (Å²) in [5, 5.41) is 3.07. The van der Waals surface area contributed by atoms with Gasteiger partial charge in [-0.1, -0.05) is 0 Å². The number of nitrogen functional groups attached to an aromatic ring is 1. The second-order valence-electron chi connectivity index (χ2n) is 3.59. The molecule has 90 valence electrons. The standard InChI is InChI=1S/C11H10N6O/c12-11-14-2-1-9(17-11)16-7-5-8-10(15-6-7)13-3-4-18-8/h1-3,5-6H,4H2,(H3,12,14,16,17). The predicted octanol–water partition coefficient (Wildman–Crippen LogP) is 1.29. The molecular formula is C11H10N6O. The third kappa shape index (κ3) is 2.05. The van der Waals surface area contributed by atoms with Gasteiger partial charge in [-0.25, -0.2) is 15.0 Å². The summed E-state index contributed by atoms with van der Waals surface area (Å²) in [5.74, 6) is 2.04. The minimum atomic E-state index is 0.215. The van der Waals surface area contributed by atoms with E-state index >= 15 is 0 Å². The van der Waals surface area contributed by atoms with Gasteiger partial charge in [-0.3, -0.25) is 0 Å². The third-order valence-corrected chi connectivity index (χ3v) is 2.31. The van der Waals surface area contributed by atoms with E-state index in [1.54, 1.807) is 24.7 Å². The molecule has 0 saturated carbocycles. The van der Waals surface area contributed by atoms with E-state index in [1.165, 1.54) is 0 Å². The van der Waals surface area contributed by atoms with Gasteiger partial charge in [0.05, 0.1) is 11.9 Å². The fourth-order valence-electron chi connectivity index (χ4n) is 1.55. The molecule has 2 aromatic heterocycles. The maximum absolute atomic E-state index is 5.50. The molecule has 3 N–H and O–H groups in total. The third-order valence-electron chi connectivity index (χ3n) is 2.31. The van der Waals surface area contributed by atoms with Crippen LogP contribution in [0, 0.1) is 0 Å². The van der Waals surface area contributed by atoms with Crippen molar-refractivity contribution in [3.8, 4) is 5.75 Å². The number of pyridine rings is 1. The summed E-state index contributed by atoms with van der Waals surface area (Å²) in [6, 6.07) is 3.53. The van der Waals surface area contributed by atoms with Crippen LogP contribution in [0.1, 0.15) is 0 Å². The Morgan fingerprint density at radius 1 is 1.33 bits per heavy atom. The molecule has 7 heteroatoms. The van der Waals surface area contributed by atoms with Gasteiger partial charge in [0.15, 0.2) is 11.6 Å². The monoisotopic (exact) mass is 242 g/mol. The van der Waals surface area contributed by atoms with Crippen LogP contribution in [0.15, 0.2) is 29.5 Å². The zero-order valence-electron chi connectivity index (χ0n) is 9.37. The van der Waals surface area contributed by atoms with Gasteiger partial charge in [-0.05, 0) is 6.07 Å². The van der Waals surface area contributed by atoms with Crippen LogP contribution in [0.5, 0.6) is 5.75 Å². The van der Waals surface area contributed by atoms with Crippen LogP contribution < -0.4 is 15.8 Å². The van der Waals surface area contributed by atoms with Gasteiger partial charge >= 0.3 is 0 Å². The minimum Gasteiger partial charge on any atom is -0.484 e. The fraction of sp³-hybridized carbons (Fsp3) is 0.0909. The SMILES string of the molecule is Nc1nccc(Nc2cnc3c(c2)OCC=N3)n1. The summed E-state index contributed by atoms with van der Waals surface area (Å²) in [5.41, 5.74) is 6.26. The van der Waals surface area contributed by atoms with Crippen LogP contribution in [-0.2, 0) is 0 Å². The molecule has 0 fully saturated rings. The topological polar surface area (TPSA) is 98.3 Å². The Balaban J connectivity index is 1.87. The summed E-state index contributed by atoms with van der Waals surface area (Å²) in [7, 11) is 0. The zero-order valence-corrected chi connectivity index (χ0v) is 9.37. The molecule has 2 aromatic rings. The average Bonchev–Trinajstić information content (AvgIpc) is 2.39. The maximum atomic E-state index is 5.50. The molecule has 3 rings (SSSR count). The van der Waals surface area contributed by atoms with Crippen molar-refractivity contribution < 1.29 is 4.74 Å². The van der Waals surface area contributed by atoms with E-state index in [4.69, 9.17) is 10.5 Å². The van der Waals surface area contributed by atoms with Crippen molar-refractivity contribution in [3.63, 3.8) is 0 Å². The molecule has 1 aliphatic rings. The normalized spacial score (nSPS) is 12.7. The Hall–Kier alpha value is -2.70. The highest BCUT2D eigenvalue weighted by molar-refractivity contribution is 5.71. The molecule has 0 atom stereocenters. The number of nitrogens with two attached hydrogens (primary N) is 1. The predicted molar refractivity (Wildman–Crippen MR) is 67.6 cm³/mol. The second kappa shape index (κ2) is 4.28. The molecule has 3 heterocycles. The highest BCUT2D eigenvalue weighted by Gasteiger charge is 2.09. The first-order valence-corrected chi connectivity index (χ1v) is 5.32. The molecule has 0 saturated heterocycles. The number of aliphatic imine (C=N–C) groups is 1. The number of hydrogen-bond acceptors (Lipinski definition) is 7. The average molecular weight is 242 g/mol. The number of anilines is 3. The Kier molecular flexibility index (Phi) is 2.49. The van der Waals surface area contributed by atoms with Crippen LogP contribution in [0.3, 0.4) is 0 Å². The first-order chi connectivity index (χ1) is 8.81. The lowest BCUT2D eigenvalue weighted by molar-refractivity contribution is 0.375. The number of hydrogen-bond donors (Lipinski definition) is 2. The molecule has 0 bridgehead atoms. The molecule has 0 radical (unpaired) electrons. The number of nitrogens with zero attached hydrogens (tertiary/aromatic N) is 4. The molecule has 0 unspecified atom stereocenters. The van der Waals surface area contributed by atoms with E-state index in [9.17, 15) is 0 Å². The summed E-state index contributed by atoms with van der Waals surface area (Å²) in [6.45, 7) is 0.457. The van der Waals surface area contributed by atoms with Crippen molar-refractivity contribution in [1.82, 2.24) is 15.0 Å². The van der Waals surface area contributed by atoms with Gasteiger partial charge in [0, 0.05) is 18.5 Å². The van der Waals surface area contributed by atoms with Crippen molar-refractivity contribution in [1.29, 1.82) is 0 Å². The van der Waals surface area contributed by atoms with Crippen molar-refractivity contribution in [2.24, 2.45) is 4.99 Å². The van der Waals surface area contributed by atoms with Gasteiger partial charge in [-0.2, -0.15) is 4.98 Å². The number of aromatic nitrogens is 3. The largest absolute Gasteiger partial charge is 0.484 e. The maximum Gasteiger partial charge on any atom is 0.221 e. The Labute approximate surface area is 103 Å². The molecular weight excluding hydrogens is 232 g/mol. The second-order valence-corrected chi connectivity index (χ2v) is 3.59. The fourth-order valence-corrected chi connectivity index (χ4v) is 1.55. The van der Waals surface area contributed by atoms with E-state index in [2.05, 4.69) is 25.3 Å². The van der Waals surface area contributed by atoms with E-state index in [0.717, 1.165) is 5.69 Å². The lowest BCUT2D eigenvalue weighted by Gasteiger charge is -2.12. The summed E-state index contributed by atoms with van der Waals surface area (Å²) >= 11 is 0. The molecule has 18 heavy (non-hydrogen) atoms. The van der Waals surface area contributed by atoms with Gasteiger partial charge < -0.3 is 15.8 Å². The molecule has 0 amide bonds. The van der Waals surface area contributed by atoms with Crippen LogP contribution in [0.4, 0.5) is 23.3 Å². The van der Waals surface area contributed by atoms with Gasteiger partial charge in [0.1, 0.15) is 12.4 Å². The molecule has 7 nitrogen and oxygen atoms in total. The van der Waals surface area contributed by atoms with Crippen LogP contribution in [-0.4, -0.2) is 27.8 Å². The summed E-state index contributed by atoms with van der Waals surface area (Å²) in [4.78, 5) is 16.2. The van der Waals surface area contributed by atoms with Crippen molar-refractivity contribution in [2.75, 3.05) is 17.7 Å². The molecule has 1 aliphatic heterocycles. The molecule has 0 spiro atoms. The van der Waals surface area contributed by atoms with E-state index in [-0.39, 0.29) is 5.95 Å². The van der Waals surface area contributed by atoms with E-state index in [0.29, 0.717) is 24.0 Å². The Morgan fingerprint density at radius 3 is 3.17 bits per heavy atom. The Morgan fingerprint density at radius 2 is 2.28 bits per heavy atom. The van der Waals surface area contributed by atoms with Gasteiger partial charge in [0.25, 0.3) is 0 Å². The first kappa shape index (κ1) is 10.5. The van der Waals surface area contributed by atoms with Crippen molar-refractivity contribution >= 4 is 29.5 Å². The Bertz CT molecular complexity index is 612. The van der Waals surface area contributed by atoms with Crippen LogP contribution >= 0.6 is 0 Å². The zero-order chi connectivity index (χ0) is 12.4. The summed E-state index contributed by atoms with van der Waals surface area (Å²) in [6.07, 6.45) is 4.91. The smallest absolute Gasteiger partial charge is 0.221 e. The highest BCUT2D eigenvalue weighted by Crippen LogP contribution is 2.30. The lowest BCUT2D eigenvalue weighted by atomic mass is 10.3. The number of fused-ring (bicyclic) bond motifs is 1. The number of rotatable bonds is 2. The quantitative estimate of drug-likeness (QED) is 0.823. The van der Waals surface area contributed by atoms with Gasteiger partial charge in [-0.15, -0.1) is 0 Å². The number of nitrogens with one attached hydrogen (secondary N) is 1. The van der Waals surface area contributed by atoms with Crippen molar-refractivity contribution in [2.45, 2.75) is 0 Å². The first-order valence-electron chi connectivity index (χ1n) is 5.32. The van der Waals surface area contributed by atoms with Crippen LogP contribution in [0.25, 0.3) is 0 Å².